The summed E-state index contributed by atoms with van der Waals surface area (Å²) in [4.78, 5) is 0. The number of aromatic amines is 1. The van der Waals surface area contributed by atoms with Gasteiger partial charge >= 0.3 is 0 Å². The summed E-state index contributed by atoms with van der Waals surface area (Å²) in [6, 6.07) is 16.5. The topological polar surface area (TPSA) is 33.6 Å². The number of rotatable bonds is 3. The van der Waals surface area contributed by atoms with Crippen molar-refractivity contribution in [1.82, 2.24) is 14.8 Å². The lowest BCUT2D eigenvalue weighted by Gasteiger charge is -2.11. The van der Waals surface area contributed by atoms with E-state index in [1.165, 1.54) is 16.7 Å². The molecule has 106 valence electrons. The van der Waals surface area contributed by atoms with Gasteiger partial charge in [0.05, 0.1) is 0 Å². The number of benzene rings is 2. The smallest absolute Gasteiger partial charge is 0.199 e. The Hall–Kier alpha value is -2.20. The average Bonchev–Trinajstić information content (AvgIpc) is 2.85. The molecule has 0 fully saturated rings. The molecule has 0 radical (unpaired) electrons. The Morgan fingerprint density at radius 1 is 1.00 bits per heavy atom. The highest BCUT2D eigenvalue weighted by molar-refractivity contribution is 7.71. The fourth-order valence-electron chi connectivity index (χ4n) is 2.58. The summed E-state index contributed by atoms with van der Waals surface area (Å²) in [5.41, 5.74) is 4.91. The molecule has 3 aromatic rings. The van der Waals surface area contributed by atoms with Crippen LogP contribution in [0.15, 0.2) is 48.5 Å². The molecule has 0 unspecified atom stereocenters. The summed E-state index contributed by atoms with van der Waals surface area (Å²) in [6.45, 7) is 4.27. The maximum atomic E-state index is 5.38. The molecule has 0 bridgehead atoms. The van der Waals surface area contributed by atoms with Crippen molar-refractivity contribution >= 4 is 12.2 Å². The lowest BCUT2D eigenvalue weighted by Crippen LogP contribution is -2.04. The van der Waals surface area contributed by atoms with Crippen LogP contribution in [0.4, 0.5) is 0 Å². The highest BCUT2D eigenvalue weighted by atomic mass is 32.1. The lowest BCUT2D eigenvalue weighted by molar-refractivity contribution is 0.893. The van der Waals surface area contributed by atoms with E-state index in [9.17, 15) is 0 Å². The van der Waals surface area contributed by atoms with Crippen molar-refractivity contribution in [3.63, 3.8) is 0 Å². The molecule has 3 nitrogen and oxygen atoms in total. The van der Waals surface area contributed by atoms with Gasteiger partial charge in [0.25, 0.3) is 0 Å². The molecule has 0 saturated carbocycles. The molecular formula is C17H17N3S. The Bertz CT molecular complexity index is 795. The summed E-state index contributed by atoms with van der Waals surface area (Å²) in [5, 5.41) is 7.33. The molecule has 0 atom stereocenters. The molecule has 0 spiro atoms. The van der Waals surface area contributed by atoms with Crippen molar-refractivity contribution in [2.75, 3.05) is 0 Å². The molecule has 1 heterocycles. The zero-order valence-electron chi connectivity index (χ0n) is 12.1. The second-order valence-corrected chi connectivity index (χ2v) is 5.55. The van der Waals surface area contributed by atoms with E-state index in [2.05, 4.69) is 42.2 Å². The largest absolute Gasteiger partial charge is 0.272 e. The maximum Gasteiger partial charge on any atom is 0.199 e. The van der Waals surface area contributed by atoms with Crippen LogP contribution in [0.25, 0.3) is 5.69 Å². The van der Waals surface area contributed by atoms with E-state index in [4.69, 9.17) is 12.2 Å². The molecule has 0 aliphatic heterocycles. The van der Waals surface area contributed by atoms with Gasteiger partial charge in [-0.25, -0.2) is 0 Å². The Morgan fingerprint density at radius 2 is 1.67 bits per heavy atom. The van der Waals surface area contributed by atoms with E-state index in [1.54, 1.807) is 0 Å². The first kappa shape index (κ1) is 13.8. The van der Waals surface area contributed by atoms with Crippen LogP contribution in [-0.4, -0.2) is 14.8 Å². The Labute approximate surface area is 129 Å². The third-order valence-electron chi connectivity index (χ3n) is 3.74. The molecule has 2 aromatic carbocycles. The fourth-order valence-corrected chi connectivity index (χ4v) is 2.83. The summed E-state index contributed by atoms with van der Waals surface area (Å²) in [7, 11) is 0. The van der Waals surface area contributed by atoms with Gasteiger partial charge in [-0.1, -0.05) is 36.4 Å². The normalized spacial score (nSPS) is 10.8. The first-order valence-corrected chi connectivity index (χ1v) is 7.34. The second-order valence-electron chi connectivity index (χ2n) is 5.16. The third-order valence-corrected chi connectivity index (χ3v) is 4.01. The molecule has 0 amide bonds. The second kappa shape index (κ2) is 5.66. The number of hydrogen-bond acceptors (Lipinski definition) is 2. The summed E-state index contributed by atoms with van der Waals surface area (Å²) in [6.07, 6.45) is 0.764. The summed E-state index contributed by atoms with van der Waals surface area (Å²) < 4.78 is 2.63. The van der Waals surface area contributed by atoms with Crippen molar-refractivity contribution in [3.8, 4) is 5.69 Å². The van der Waals surface area contributed by atoms with Crippen molar-refractivity contribution in [2.45, 2.75) is 20.3 Å². The Kier molecular flexibility index (Phi) is 3.71. The van der Waals surface area contributed by atoms with E-state index >= 15 is 0 Å². The van der Waals surface area contributed by atoms with Gasteiger partial charge in [-0.2, -0.15) is 5.10 Å². The third kappa shape index (κ3) is 2.67. The van der Waals surface area contributed by atoms with Gasteiger partial charge in [-0.15, -0.1) is 0 Å². The standard InChI is InChI=1S/C17H17N3S/c1-12-7-6-8-13(2)15(12)11-16-18-19-17(21)20(16)14-9-4-3-5-10-14/h3-10H,11H2,1-2H3,(H,19,21). The predicted molar refractivity (Wildman–Crippen MR) is 87.5 cm³/mol. The van der Waals surface area contributed by atoms with Gasteiger partial charge in [-0.3, -0.25) is 9.67 Å². The van der Waals surface area contributed by atoms with Crippen molar-refractivity contribution in [3.05, 3.63) is 75.8 Å². The highest BCUT2D eigenvalue weighted by Crippen LogP contribution is 2.19. The van der Waals surface area contributed by atoms with Crippen molar-refractivity contribution in [1.29, 1.82) is 0 Å². The van der Waals surface area contributed by atoms with Crippen LogP contribution in [0.2, 0.25) is 0 Å². The quantitative estimate of drug-likeness (QED) is 0.737. The predicted octanol–water partition coefficient (Wildman–Crippen LogP) is 4.14. The van der Waals surface area contributed by atoms with Gasteiger partial charge in [0, 0.05) is 12.1 Å². The number of nitrogens with zero attached hydrogens (tertiary/aromatic N) is 2. The Morgan fingerprint density at radius 3 is 2.33 bits per heavy atom. The molecule has 21 heavy (non-hydrogen) atoms. The van der Waals surface area contributed by atoms with Gasteiger partial charge in [0.2, 0.25) is 0 Å². The monoisotopic (exact) mass is 295 g/mol. The maximum absolute atomic E-state index is 5.38. The van der Waals surface area contributed by atoms with E-state index < -0.39 is 0 Å². The van der Waals surface area contributed by atoms with Crippen LogP contribution in [-0.2, 0) is 6.42 Å². The highest BCUT2D eigenvalue weighted by Gasteiger charge is 2.11. The van der Waals surface area contributed by atoms with Crippen LogP contribution in [0.5, 0.6) is 0 Å². The molecule has 3 rings (SSSR count). The zero-order valence-corrected chi connectivity index (χ0v) is 12.9. The average molecular weight is 295 g/mol. The summed E-state index contributed by atoms with van der Waals surface area (Å²) >= 11 is 5.38. The van der Waals surface area contributed by atoms with Crippen LogP contribution >= 0.6 is 12.2 Å². The van der Waals surface area contributed by atoms with E-state index in [0.29, 0.717) is 4.77 Å². The van der Waals surface area contributed by atoms with Gasteiger partial charge in [0.15, 0.2) is 4.77 Å². The first-order valence-electron chi connectivity index (χ1n) is 6.93. The lowest BCUT2D eigenvalue weighted by atomic mass is 10.00. The molecule has 1 aromatic heterocycles. The molecule has 0 aliphatic rings. The minimum Gasteiger partial charge on any atom is -0.272 e. The first-order chi connectivity index (χ1) is 10.2. The van der Waals surface area contributed by atoms with Crippen LogP contribution in [0, 0.1) is 18.6 Å². The van der Waals surface area contributed by atoms with Crippen molar-refractivity contribution in [2.24, 2.45) is 0 Å². The van der Waals surface area contributed by atoms with E-state index in [-0.39, 0.29) is 0 Å². The minimum absolute atomic E-state index is 0.627. The van der Waals surface area contributed by atoms with Crippen LogP contribution in [0.1, 0.15) is 22.5 Å². The van der Waals surface area contributed by atoms with Gasteiger partial charge in [0.1, 0.15) is 5.82 Å². The fraction of sp³-hybridized carbons (Fsp3) is 0.176. The molecule has 1 N–H and O–H groups in total. The zero-order chi connectivity index (χ0) is 14.8. The number of aryl methyl sites for hydroxylation is 2. The number of H-pyrrole nitrogens is 1. The molecule has 0 aliphatic carbocycles. The molecule has 4 heteroatoms. The Balaban J connectivity index is 2.08. The molecule has 0 saturated heterocycles. The van der Waals surface area contributed by atoms with Crippen LogP contribution < -0.4 is 0 Å². The number of para-hydroxylation sites is 1. The minimum atomic E-state index is 0.627. The summed E-state index contributed by atoms with van der Waals surface area (Å²) in [5.74, 6) is 0.934. The van der Waals surface area contributed by atoms with E-state index in [1.807, 2.05) is 34.9 Å². The molecular weight excluding hydrogens is 278 g/mol. The number of nitrogens with one attached hydrogen (secondary N) is 1. The van der Waals surface area contributed by atoms with Crippen molar-refractivity contribution < 1.29 is 0 Å². The van der Waals surface area contributed by atoms with Gasteiger partial charge < -0.3 is 0 Å². The van der Waals surface area contributed by atoms with Crippen LogP contribution in [0.3, 0.4) is 0 Å². The number of hydrogen-bond donors (Lipinski definition) is 1. The van der Waals surface area contributed by atoms with E-state index in [0.717, 1.165) is 17.9 Å². The number of aromatic nitrogens is 3. The van der Waals surface area contributed by atoms with Gasteiger partial charge in [-0.05, 0) is 54.9 Å². The SMILES string of the molecule is Cc1cccc(C)c1Cc1n[nH]c(=S)n1-c1ccccc1.